The van der Waals surface area contributed by atoms with E-state index in [1.54, 1.807) is 43.3 Å². The van der Waals surface area contributed by atoms with E-state index >= 15 is 0 Å². The van der Waals surface area contributed by atoms with Gasteiger partial charge in [0.05, 0.1) is 35.9 Å². The first kappa shape index (κ1) is 26.0. The highest BCUT2D eigenvalue weighted by Gasteiger charge is 2.46. The van der Waals surface area contributed by atoms with E-state index in [2.05, 4.69) is 0 Å². The molecule has 1 fully saturated rings. The number of carbonyl (C=O) groups excluding carboxylic acids is 3. The molecule has 1 amide bonds. The molecule has 7 nitrogen and oxygen atoms in total. The summed E-state index contributed by atoms with van der Waals surface area (Å²) >= 11 is 6.26. The van der Waals surface area contributed by atoms with E-state index in [9.17, 15) is 19.5 Å². The highest BCUT2D eigenvalue weighted by atomic mass is 35.5. The first-order chi connectivity index (χ1) is 17.7. The van der Waals surface area contributed by atoms with Crippen LogP contribution in [-0.2, 0) is 20.9 Å². The van der Waals surface area contributed by atoms with Crippen LogP contribution >= 0.6 is 11.6 Å². The Bertz CT molecular complexity index is 1400. The molecule has 37 heavy (non-hydrogen) atoms. The van der Waals surface area contributed by atoms with Crippen LogP contribution in [0.5, 0.6) is 5.75 Å². The number of nitrogens with zero attached hydrogens (tertiary/aromatic N) is 1. The summed E-state index contributed by atoms with van der Waals surface area (Å²) in [6.07, 6.45) is 0. The van der Waals surface area contributed by atoms with E-state index < -0.39 is 23.7 Å². The second kappa shape index (κ2) is 10.9. The van der Waals surface area contributed by atoms with Crippen molar-refractivity contribution >= 4 is 35.0 Å². The van der Waals surface area contributed by atoms with Crippen LogP contribution < -0.4 is 4.74 Å². The number of rotatable bonds is 7. The van der Waals surface area contributed by atoms with Crippen molar-refractivity contribution in [3.8, 4) is 5.75 Å². The van der Waals surface area contributed by atoms with Crippen molar-refractivity contribution < 1.29 is 29.0 Å². The topological polar surface area (TPSA) is 93.1 Å². The third-order valence-corrected chi connectivity index (χ3v) is 6.44. The molecule has 3 aromatic carbocycles. The second-order valence-electron chi connectivity index (χ2n) is 8.61. The molecule has 190 valence electrons. The van der Waals surface area contributed by atoms with Crippen LogP contribution in [0.4, 0.5) is 0 Å². The number of amides is 1. The van der Waals surface area contributed by atoms with E-state index in [1.165, 1.54) is 18.1 Å². The van der Waals surface area contributed by atoms with E-state index in [1.807, 2.05) is 31.2 Å². The van der Waals surface area contributed by atoms with Crippen LogP contribution in [0.1, 0.15) is 45.6 Å². The Kier molecular flexibility index (Phi) is 7.64. The van der Waals surface area contributed by atoms with Gasteiger partial charge < -0.3 is 19.5 Å². The number of benzene rings is 3. The van der Waals surface area contributed by atoms with Gasteiger partial charge >= 0.3 is 5.97 Å². The lowest BCUT2D eigenvalue weighted by atomic mass is 9.94. The lowest BCUT2D eigenvalue weighted by molar-refractivity contribution is -0.140. The summed E-state index contributed by atoms with van der Waals surface area (Å²) in [4.78, 5) is 40.0. The number of hydrogen-bond acceptors (Lipinski definition) is 6. The number of aliphatic hydroxyl groups excluding tert-OH is 1. The molecule has 3 aromatic rings. The first-order valence-corrected chi connectivity index (χ1v) is 12.1. The summed E-state index contributed by atoms with van der Waals surface area (Å²) in [5.41, 5.74) is 2.98. The number of esters is 1. The predicted octanol–water partition coefficient (Wildman–Crippen LogP) is 5.46. The zero-order chi connectivity index (χ0) is 26.7. The molecule has 1 N–H and O–H groups in total. The minimum Gasteiger partial charge on any atom is -0.507 e. The first-order valence-electron chi connectivity index (χ1n) is 11.7. The number of Topliss-reactive ketones (excluding diaryl/α,β-unsaturated/α-hetero) is 1. The van der Waals surface area contributed by atoms with Crippen molar-refractivity contribution in [2.75, 3.05) is 13.7 Å². The van der Waals surface area contributed by atoms with Gasteiger partial charge in [-0.25, -0.2) is 4.79 Å². The molecule has 1 unspecified atom stereocenters. The molecule has 0 bridgehead atoms. The molecule has 8 heteroatoms. The van der Waals surface area contributed by atoms with Crippen LogP contribution in [0.15, 0.2) is 72.3 Å². The number of methoxy groups -OCH3 is 1. The molecule has 1 saturated heterocycles. The van der Waals surface area contributed by atoms with E-state index in [4.69, 9.17) is 21.1 Å². The maximum absolute atomic E-state index is 13.3. The van der Waals surface area contributed by atoms with Gasteiger partial charge in [0, 0.05) is 12.1 Å². The predicted molar refractivity (Wildman–Crippen MR) is 139 cm³/mol. The zero-order valence-electron chi connectivity index (χ0n) is 20.7. The Morgan fingerprint density at radius 3 is 2.35 bits per heavy atom. The van der Waals surface area contributed by atoms with Gasteiger partial charge in [0.1, 0.15) is 11.5 Å². The molecular weight excluding hydrogens is 494 g/mol. The van der Waals surface area contributed by atoms with Crippen molar-refractivity contribution in [1.82, 2.24) is 4.90 Å². The van der Waals surface area contributed by atoms with Crippen molar-refractivity contribution in [2.24, 2.45) is 0 Å². The fourth-order valence-electron chi connectivity index (χ4n) is 4.36. The summed E-state index contributed by atoms with van der Waals surface area (Å²) in [6, 6.07) is 17.9. The highest BCUT2D eigenvalue weighted by Crippen LogP contribution is 2.41. The lowest BCUT2D eigenvalue weighted by Crippen LogP contribution is -2.29. The molecule has 0 aromatic heterocycles. The average molecular weight is 520 g/mol. The van der Waals surface area contributed by atoms with Gasteiger partial charge in [-0.15, -0.1) is 0 Å². The largest absolute Gasteiger partial charge is 0.507 e. The fraction of sp³-hybridized carbons (Fsp3) is 0.207. The molecule has 1 aliphatic heterocycles. The summed E-state index contributed by atoms with van der Waals surface area (Å²) in [6.45, 7) is 3.99. The summed E-state index contributed by atoms with van der Waals surface area (Å²) in [5.74, 6) is -1.87. The van der Waals surface area contributed by atoms with Crippen LogP contribution in [0.3, 0.4) is 0 Å². The number of halogens is 1. The highest BCUT2D eigenvalue weighted by molar-refractivity contribution is 6.46. The maximum Gasteiger partial charge on any atom is 0.338 e. The van der Waals surface area contributed by atoms with Crippen LogP contribution in [0.25, 0.3) is 5.76 Å². The Balaban J connectivity index is 1.78. The van der Waals surface area contributed by atoms with Gasteiger partial charge in [-0.2, -0.15) is 0 Å². The number of carbonyl (C=O) groups is 3. The molecule has 1 heterocycles. The van der Waals surface area contributed by atoms with E-state index in [0.717, 1.165) is 5.56 Å². The number of ketones is 1. The second-order valence-corrected chi connectivity index (χ2v) is 9.02. The van der Waals surface area contributed by atoms with Gasteiger partial charge in [0.15, 0.2) is 0 Å². The molecule has 0 spiro atoms. The molecule has 0 saturated carbocycles. The van der Waals surface area contributed by atoms with Crippen LogP contribution in [-0.4, -0.2) is 41.4 Å². The number of hydrogen-bond donors (Lipinski definition) is 1. The standard InChI is InChI=1S/C29H26ClNO6/c1-4-37-29(35)19-10-8-18(9-11-19)16-31-25(20-7-5-6-17(2)14-20)24(27(33)28(31)34)26(32)21-12-13-23(36-3)22(30)15-21/h5-15,25,32H,4,16H2,1-3H3/b26-24-. The minimum absolute atomic E-state index is 0.0278. The number of ether oxygens (including phenoxy) is 2. The monoisotopic (exact) mass is 519 g/mol. The fourth-order valence-corrected chi connectivity index (χ4v) is 4.61. The van der Waals surface area contributed by atoms with Crippen molar-refractivity contribution in [2.45, 2.75) is 26.4 Å². The average Bonchev–Trinajstić information content (AvgIpc) is 3.13. The normalized spacial score (nSPS) is 16.6. The van der Waals surface area contributed by atoms with E-state index in [-0.39, 0.29) is 29.5 Å². The van der Waals surface area contributed by atoms with Gasteiger partial charge in [0.25, 0.3) is 11.7 Å². The van der Waals surface area contributed by atoms with E-state index in [0.29, 0.717) is 28.0 Å². The Morgan fingerprint density at radius 1 is 1.03 bits per heavy atom. The molecule has 4 rings (SSSR count). The van der Waals surface area contributed by atoms with Crippen molar-refractivity contribution in [3.05, 3.63) is 105 Å². The molecule has 0 radical (unpaired) electrons. The molecule has 1 atom stereocenters. The number of likely N-dealkylation sites (tertiary alicyclic amines) is 1. The summed E-state index contributed by atoms with van der Waals surface area (Å²) in [5, 5.41) is 11.5. The quantitative estimate of drug-likeness (QED) is 0.193. The number of aryl methyl sites for hydroxylation is 1. The molecular formula is C29H26ClNO6. The van der Waals surface area contributed by atoms with Crippen LogP contribution in [0.2, 0.25) is 5.02 Å². The summed E-state index contributed by atoms with van der Waals surface area (Å²) < 4.78 is 10.2. The smallest absolute Gasteiger partial charge is 0.338 e. The zero-order valence-corrected chi connectivity index (χ0v) is 21.4. The number of aliphatic hydroxyl groups is 1. The van der Waals surface area contributed by atoms with Crippen molar-refractivity contribution in [1.29, 1.82) is 0 Å². The Labute approximate surface area is 219 Å². The molecule has 1 aliphatic rings. The Hall–Kier alpha value is -4.10. The van der Waals surface area contributed by atoms with Gasteiger partial charge in [-0.1, -0.05) is 53.6 Å². The minimum atomic E-state index is -0.828. The third-order valence-electron chi connectivity index (χ3n) is 6.14. The SMILES string of the molecule is CCOC(=O)c1ccc(CN2C(=O)C(=O)/C(=C(\O)c3ccc(OC)c(Cl)c3)C2c2cccc(C)c2)cc1. The third kappa shape index (κ3) is 5.22. The maximum atomic E-state index is 13.3. The van der Waals surface area contributed by atoms with Crippen LogP contribution in [0, 0.1) is 6.92 Å². The van der Waals surface area contributed by atoms with Crippen molar-refractivity contribution in [3.63, 3.8) is 0 Å². The Morgan fingerprint density at radius 2 is 1.73 bits per heavy atom. The summed E-state index contributed by atoms with van der Waals surface area (Å²) in [7, 11) is 1.48. The van der Waals surface area contributed by atoms with Gasteiger partial charge in [-0.05, 0) is 55.3 Å². The van der Waals surface area contributed by atoms with Gasteiger partial charge in [-0.3, -0.25) is 9.59 Å². The van der Waals surface area contributed by atoms with Gasteiger partial charge in [0.2, 0.25) is 0 Å². The molecule has 0 aliphatic carbocycles. The lowest BCUT2D eigenvalue weighted by Gasteiger charge is -2.26.